The molecule has 0 amide bonds. The van der Waals surface area contributed by atoms with Gasteiger partial charge in [-0.05, 0) is 84.6 Å². The molecule has 0 spiro atoms. The molecule has 4 rings (SSSR count). The molecule has 0 saturated carbocycles. The first-order chi connectivity index (χ1) is 19.4. The Hall–Kier alpha value is -3.30. The number of nitrogens with zero attached hydrogens (tertiary/aromatic N) is 1. The van der Waals surface area contributed by atoms with E-state index in [4.69, 9.17) is 16.7 Å². The molecule has 1 aliphatic heterocycles. The standard InChI is InChI=1S/C37H44ClNO2/c1-26-14-7-8-17-30(26)36(3,4)27(2)21-22-28-15-13-16-29(35(28)38)23-24-33-37(5,6)31-18-9-10-19-32(31)39(33)25-12-11-20-34(40)41/h7-10,14,17-19,21-24H,2,11-13,15-16,20,25H2,1,3-6H3,(H,40,41)/b22-21+,29-23+,33-24+. The highest BCUT2D eigenvalue weighted by Gasteiger charge is 2.39. The van der Waals surface area contributed by atoms with Crippen LogP contribution in [0.5, 0.6) is 0 Å². The maximum atomic E-state index is 11.0. The molecule has 2 aromatic carbocycles. The van der Waals surface area contributed by atoms with Gasteiger partial charge in [0.2, 0.25) is 0 Å². The Morgan fingerprint density at radius 2 is 1.78 bits per heavy atom. The van der Waals surface area contributed by atoms with Crippen molar-refractivity contribution in [2.24, 2.45) is 0 Å². The zero-order valence-electron chi connectivity index (χ0n) is 25.3. The van der Waals surface area contributed by atoms with Gasteiger partial charge in [0.25, 0.3) is 0 Å². The van der Waals surface area contributed by atoms with Crippen LogP contribution in [0.1, 0.15) is 82.9 Å². The van der Waals surface area contributed by atoms with E-state index in [2.05, 4.69) is 119 Å². The number of aryl methyl sites for hydroxylation is 1. The van der Waals surface area contributed by atoms with Crippen molar-refractivity contribution in [2.45, 2.75) is 84.0 Å². The quantitative estimate of drug-likeness (QED) is 0.228. The maximum absolute atomic E-state index is 11.0. The largest absolute Gasteiger partial charge is 0.481 e. The normalized spacial score (nSPS) is 18.9. The van der Waals surface area contributed by atoms with Crippen LogP contribution in [-0.2, 0) is 15.6 Å². The lowest BCUT2D eigenvalue weighted by Gasteiger charge is -2.28. The second kappa shape index (κ2) is 12.7. The first-order valence-corrected chi connectivity index (χ1v) is 15.1. The van der Waals surface area contributed by atoms with Crippen LogP contribution in [0.3, 0.4) is 0 Å². The molecule has 216 valence electrons. The Morgan fingerprint density at radius 3 is 2.51 bits per heavy atom. The van der Waals surface area contributed by atoms with E-state index >= 15 is 0 Å². The number of anilines is 1. The predicted molar refractivity (Wildman–Crippen MR) is 174 cm³/mol. The second-order valence-electron chi connectivity index (χ2n) is 12.4. The Morgan fingerprint density at radius 1 is 1.07 bits per heavy atom. The van der Waals surface area contributed by atoms with E-state index in [1.54, 1.807) is 0 Å². The summed E-state index contributed by atoms with van der Waals surface area (Å²) in [6, 6.07) is 17.1. The van der Waals surface area contributed by atoms with Crippen molar-refractivity contribution in [1.82, 2.24) is 0 Å². The highest BCUT2D eigenvalue weighted by molar-refractivity contribution is 6.32. The van der Waals surface area contributed by atoms with Gasteiger partial charge in [0.1, 0.15) is 0 Å². The molecule has 0 atom stereocenters. The number of aliphatic carboxylic acids is 1. The number of carboxylic acid groups (broad SMARTS) is 1. The van der Waals surface area contributed by atoms with Crippen LogP contribution in [0.15, 0.2) is 107 Å². The van der Waals surface area contributed by atoms with Gasteiger partial charge >= 0.3 is 5.97 Å². The first-order valence-electron chi connectivity index (χ1n) is 14.8. The number of para-hydroxylation sites is 1. The first kappa shape index (κ1) is 30.7. The molecule has 2 aliphatic rings. The molecular formula is C37H44ClNO2. The number of halogens is 1. The van der Waals surface area contributed by atoms with Gasteiger partial charge in [-0.1, -0.05) is 107 Å². The average Bonchev–Trinajstić information content (AvgIpc) is 3.15. The number of rotatable bonds is 10. The van der Waals surface area contributed by atoms with E-state index in [0.29, 0.717) is 6.42 Å². The molecule has 0 saturated heterocycles. The molecule has 1 N–H and O–H groups in total. The minimum Gasteiger partial charge on any atom is -0.481 e. The highest BCUT2D eigenvalue weighted by Crippen LogP contribution is 2.48. The molecule has 0 radical (unpaired) electrons. The van der Waals surface area contributed by atoms with Crippen LogP contribution in [0, 0.1) is 6.92 Å². The molecule has 41 heavy (non-hydrogen) atoms. The van der Waals surface area contributed by atoms with E-state index in [1.807, 2.05) is 0 Å². The third-order valence-electron chi connectivity index (χ3n) is 8.83. The Kier molecular flexibility index (Phi) is 9.49. The van der Waals surface area contributed by atoms with Gasteiger partial charge in [-0.3, -0.25) is 4.79 Å². The van der Waals surface area contributed by atoms with Crippen LogP contribution in [-0.4, -0.2) is 17.6 Å². The van der Waals surface area contributed by atoms with Crippen molar-refractivity contribution in [3.05, 3.63) is 124 Å². The predicted octanol–water partition coefficient (Wildman–Crippen LogP) is 9.92. The third-order valence-corrected chi connectivity index (χ3v) is 9.31. The molecule has 0 fully saturated rings. The number of allylic oxidation sites excluding steroid dienone is 9. The molecule has 2 aromatic rings. The summed E-state index contributed by atoms with van der Waals surface area (Å²) in [7, 11) is 0. The molecule has 4 heteroatoms. The van der Waals surface area contributed by atoms with Crippen molar-refractivity contribution in [2.75, 3.05) is 11.4 Å². The van der Waals surface area contributed by atoms with E-state index in [0.717, 1.165) is 54.0 Å². The maximum Gasteiger partial charge on any atom is 0.303 e. The summed E-state index contributed by atoms with van der Waals surface area (Å²) in [5.74, 6) is -0.737. The van der Waals surface area contributed by atoms with Crippen molar-refractivity contribution >= 4 is 23.3 Å². The second-order valence-corrected chi connectivity index (χ2v) is 12.8. The summed E-state index contributed by atoms with van der Waals surface area (Å²) in [5, 5.41) is 9.93. The summed E-state index contributed by atoms with van der Waals surface area (Å²) >= 11 is 7.03. The fraction of sp³-hybridized carbons (Fsp3) is 0.378. The lowest BCUT2D eigenvalue weighted by molar-refractivity contribution is -0.137. The Labute approximate surface area is 251 Å². The molecular weight excluding hydrogens is 526 g/mol. The zero-order valence-corrected chi connectivity index (χ0v) is 26.0. The van der Waals surface area contributed by atoms with Gasteiger partial charge in [-0.15, -0.1) is 0 Å². The highest BCUT2D eigenvalue weighted by atomic mass is 35.5. The van der Waals surface area contributed by atoms with Crippen LogP contribution in [0.25, 0.3) is 0 Å². The van der Waals surface area contributed by atoms with E-state index < -0.39 is 5.97 Å². The summed E-state index contributed by atoms with van der Waals surface area (Å²) in [6.45, 7) is 16.4. The summed E-state index contributed by atoms with van der Waals surface area (Å²) in [4.78, 5) is 13.4. The summed E-state index contributed by atoms with van der Waals surface area (Å²) in [6.07, 6.45) is 13.4. The van der Waals surface area contributed by atoms with Gasteiger partial charge in [0, 0.05) is 40.2 Å². The number of benzene rings is 2. The Bertz CT molecular complexity index is 1440. The van der Waals surface area contributed by atoms with Gasteiger partial charge < -0.3 is 10.0 Å². The van der Waals surface area contributed by atoms with Gasteiger partial charge in [0.05, 0.1) is 0 Å². The Balaban J connectivity index is 1.60. The van der Waals surface area contributed by atoms with Crippen LogP contribution in [0.4, 0.5) is 5.69 Å². The van der Waals surface area contributed by atoms with Gasteiger partial charge in [-0.2, -0.15) is 0 Å². The van der Waals surface area contributed by atoms with Crippen molar-refractivity contribution in [3.63, 3.8) is 0 Å². The number of carboxylic acids is 1. The SMILES string of the molecule is C=C(/C=C/C1=C(Cl)C(=C/C=C2/N(CCCCC(=O)O)c3ccccc3C2(C)C)/CCC1)C(C)(C)c1ccccc1C. The monoisotopic (exact) mass is 569 g/mol. The molecule has 0 unspecified atom stereocenters. The molecule has 3 nitrogen and oxygen atoms in total. The molecule has 0 aromatic heterocycles. The lowest BCUT2D eigenvalue weighted by atomic mass is 9.76. The molecule has 1 aliphatic carbocycles. The van der Waals surface area contributed by atoms with Crippen LogP contribution >= 0.6 is 11.6 Å². The fourth-order valence-electron chi connectivity index (χ4n) is 6.17. The third kappa shape index (κ3) is 6.62. The van der Waals surface area contributed by atoms with E-state index in [1.165, 1.54) is 28.1 Å². The van der Waals surface area contributed by atoms with Crippen LogP contribution in [0.2, 0.25) is 0 Å². The van der Waals surface area contributed by atoms with Crippen LogP contribution < -0.4 is 4.90 Å². The average molecular weight is 570 g/mol. The lowest BCUT2D eigenvalue weighted by Crippen LogP contribution is -2.27. The number of carbonyl (C=O) groups is 1. The minimum atomic E-state index is -0.737. The van der Waals surface area contributed by atoms with E-state index in [9.17, 15) is 4.79 Å². The fourth-order valence-corrected chi connectivity index (χ4v) is 6.49. The number of hydrogen-bond acceptors (Lipinski definition) is 2. The molecule has 1 heterocycles. The van der Waals surface area contributed by atoms with Crippen molar-refractivity contribution < 1.29 is 9.90 Å². The zero-order chi connectivity index (χ0) is 29.8. The molecule has 0 bridgehead atoms. The minimum absolute atomic E-state index is 0.160. The summed E-state index contributed by atoms with van der Waals surface area (Å²) in [5.41, 5.74) is 9.33. The number of unbranched alkanes of at least 4 members (excludes halogenated alkanes) is 1. The van der Waals surface area contributed by atoms with Gasteiger partial charge in [-0.25, -0.2) is 0 Å². The number of hydrogen-bond donors (Lipinski definition) is 1. The van der Waals surface area contributed by atoms with E-state index in [-0.39, 0.29) is 17.3 Å². The smallest absolute Gasteiger partial charge is 0.303 e. The van der Waals surface area contributed by atoms with Crippen molar-refractivity contribution in [1.29, 1.82) is 0 Å². The van der Waals surface area contributed by atoms with Crippen molar-refractivity contribution in [3.8, 4) is 0 Å². The summed E-state index contributed by atoms with van der Waals surface area (Å²) < 4.78 is 0. The van der Waals surface area contributed by atoms with Gasteiger partial charge in [0.15, 0.2) is 0 Å². The number of fused-ring (bicyclic) bond motifs is 1. The topological polar surface area (TPSA) is 40.5 Å².